The molecule has 18 heavy (non-hydrogen) atoms. The van der Waals surface area contributed by atoms with E-state index >= 15 is 0 Å². The normalized spacial score (nSPS) is 14.2. The monoisotopic (exact) mass is 257 g/mol. The standard InChI is InChI=1S/C13H17F2NO2/c1-8(13(17)18)5-6-9(7-16)10-3-2-4-11(14)12(10)15/h2-4,8-9H,5-7,16H2,1H3,(H,17,18). The van der Waals surface area contributed by atoms with E-state index in [9.17, 15) is 13.6 Å². The molecule has 0 saturated carbocycles. The Morgan fingerprint density at radius 3 is 2.61 bits per heavy atom. The minimum absolute atomic E-state index is 0.159. The summed E-state index contributed by atoms with van der Waals surface area (Å²) in [4.78, 5) is 10.7. The van der Waals surface area contributed by atoms with E-state index in [4.69, 9.17) is 10.8 Å². The summed E-state index contributed by atoms with van der Waals surface area (Å²) in [6.07, 6.45) is 0.803. The molecule has 1 aromatic carbocycles. The third-order valence-electron chi connectivity index (χ3n) is 3.08. The van der Waals surface area contributed by atoms with Crippen LogP contribution in [-0.2, 0) is 4.79 Å². The van der Waals surface area contributed by atoms with Gasteiger partial charge in [0.1, 0.15) is 0 Å². The Bertz CT molecular complexity index is 423. The number of carboxylic acids is 1. The fourth-order valence-corrected chi connectivity index (χ4v) is 1.81. The SMILES string of the molecule is CC(CCC(CN)c1cccc(F)c1F)C(=O)O. The number of rotatable bonds is 6. The van der Waals surface area contributed by atoms with Gasteiger partial charge in [-0.3, -0.25) is 4.79 Å². The van der Waals surface area contributed by atoms with Crippen molar-refractivity contribution in [3.63, 3.8) is 0 Å². The fraction of sp³-hybridized carbons (Fsp3) is 0.462. The van der Waals surface area contributed by atoms with E-state index in [1.165, 1.54) is 12.1 Å². The van der Waals surface area contributed by atoms with Gasteiger partial charge in [0.2, 0.25) is 0 Å². The van der Waals surface area contributed by atoms with Gasteiger partial charge in [0, 0.05) is 0 Å². The molecule has 1 aromatic rings. The minimum atomic E-state index is -0.905. The Kier molecular flexibility index (Phi) is 5.22. The van der Waals surface area contributed by atoms with E-state index < -0.39 is 23.5 Å². The average molecular weight is 257 g/mol. The highest BCUT2D eigenvalue weighted by Crippen LogP contribution is 2.26. The average Bonchev–Trinajstić information content (AvgIpc) is 2.34. The Balaban J connectivity index is 2.77. The van der Waals surface area contributed by atoms with Crippen LogP contribution in [0.15, 0.2) is 18.2 Å². The Morgan fingerprint density at radius 2 is 2.06 bits per heavy atom. The molecule has 5 heteroatoms. The highest BCUT2D eigenvalue weighted by Gasteiger charge is 2.19. The molecule has 0 aliphatic rings. The molecule has 0 amide bonds. The summed E-state index contributed by atoms with van der Waals surface area (Å²) < 4.78 is 26.7. The largest absolute Gasteiger partial charge is 0.481 e. The highest BCUT2D eigenvalue weighted by atomic mass is 19.2. The molecular weight excluding hydrogens is 240 g/mol. The lowest BCUT2D eigenvalue weighted by Gasteiger charge is -2.17. The van der Waals surface area contributed by atoms with Crippen molar-refractivity contribution in [2.24, 2.45) is 11.7 Å². The van der Waals surface area contributed by atoms with Crippen LogP contribution in [0.3, 0.4) is 0 Å². The Labute approximate surface area is 105 Å². The molecule has 0 spiro atoms. The van der Waals surface area contributed by atoms with Gasteiger partial charge in [-0.05, 0) is 36.9 Å². The van der Waals surface area contributed by atoms with Crippen LogP contribution >= 0.6 is 0 Å². The van der Waals surface area contributed by atoms with Gasteiger partial charge in [0.15, 0.2) is 11.6 Å². The van der Waals surface area contributed by atoms with Gasteiger partial charge in [-0.25, -0.2) is 8.78 Å². The lowest BCUT2D eigenvalue weighted by atomic mass is 9.90. The second-order valence-corrected chi connectivity index (χ2v) is 4.39. The van der Waals surface area contributed by atoms with E-state index in [2.05, 4.69) is 0 Å². The molecule has 0 fully saturated rings. The van der Waals surface area contributed by atoms with E-state index in [1.807, 2.05) is 0 Å². The zero-order valence-electron chi connectivity index (χ0n) is 10.2. The molecule has 2 unspecified atom stereocenters. The fourth-order valence-electron chi connectivity index (χ4n) is 1.81. The van der Waals surface area contributed by atoms with Crippen molar-refractivity contribution in [3.05, 3.63) is 35.4 Å². The number of hydrogen-bond acceptors (Lipinski definition) is 2. The van der Waals surface area contributed by atoms with Crippen molar-refractivity contribution in [1.82, 2.24) is 0 Å². The molecule has 3 nitrogen and oxygen atoms in total. The van der Waals surface area contributed by atoms with Crippen molar-refractivity contribution in [3.8, 4) is 0 Å². The summed E-state index contributed by atoms with van der Waals surface area (Å²) in [6, 6.07) is 3.96. The van der Waals surface area contributed by atoms with Crippen molar-refractivity contribution in [2.45, 2.75) is 25.7 Å². The zero-order chi connectivity index (χ0) is 13.7. The van der Waals surface area contributed by atoms with Crippen LogP contribution in [0, 0.1) is 17.6 Å². The van der Waals surface area contributed by atoms with Gasteiger partial charge in [0.05, 0.1) is 5.92 Å². The molecule has 0 bridgehead atoms. The molecule has 1 rings (SSSR count). The van der Waals surface area contributed by atoms with Crippen LogP contribution in [0.5, 0.6) is 0 Å². The number of carboxylic acid groups (broad SMARTS) is 1. The van der Waals surface area contributed by atoms with Gasteiger partial charge >= 0.3 is 5.97 Å². The van der Waals surface area contributed by atoms with Gasteiger partial charge in [-0.15, -0.1) is 0 Å². The van der Waals surface area contributed by atoms with Crippen LogP contribution < -0.4 is 5.73 Å². The van der Waals surface area contributed by atoms with Crippen molar-refractivity contribution < 1.29 is 18.7 Å². The smallest absolute Gasteiger partial charge is 0.306 e. The van der Waals surface area contributed by atoms with Gasteiger partial charge in [-0.1, -0.05) is 19.1 Å². The topological polar surface area (TPSA) is 63.3 Å². The van der Waals surface area contributed by atoms with Gasteiger partial charge in [-0.2, -0.15) is 0 Å². The number of nitrogens with two attached hydrogens (primary N) is 1. The maximum atomic E-state index is 13.6. The summed E-state index contributed by atoms with van der Waals surface area (Å²) in [5.74, 6) is -3.57. The van der Waals surface area contributed by atoms with E-state index in [1.54, 1.807) is 6.92 Å². The first-order chi connectivity index (χ1) is 8.47. The van der Waals surface area contributed by atoms with Crippen LogP contribution in [0.25, 0.3) is 0 Å². The minimum Gasteiger partial charge on any atom is -0.481 e. The van der Waals surface area contributed by atoms with Crippen molar-refractivity contribution >= 4 is 5.97 Å². The Morgan fingerprint density at radius 1 is 1.39 bits per heavy atom. The van der Waals surface area contributed by atoms with E-state index in [0.717, 1.165) is 6.07 Å². The molecule has 0 saturated heterocycles. The van der Waals surface area contributed by atoms with Gasteiger partial charge in [0.25, 0.3) is 0 Å². The second kappa shape index (κ2) is 6.44. The van der Waals surface area contributed by atoms with Crippen molar-refractivity contribution in [2.75, 3.05) is 6.54 Å². The molecule has 0 radical (unpaired) electrons. The molecule has 0 aliphatic heterocycles. The van der Waals surface area contributed by atoms with Crippen LogP contribution in [-0.4, -0.2) is 17.6 Å². The van der Waals surface area contributed by atoms with Gasteiger partial charge < -0.3 is 10.8 Å². The number of aliphatic carboxylic acids is 1. The number of halogens is 2. The van der Waals surface area contributed by atoms with E-state index in [-0.39, 0.29) is 18.0 Å². The third-order valence-corrected chi connectivity index (χ3v) is 3.08. The molecule has 0 aromatic heterocycles. The first-order valence-electron chi connectivity index (χ1n) is 5.84. The van der Waals surface area contributed by atoms with Crippen molar-refractivity contribution in [1.29, 1.82) is 0 Å². The predicted octanol–water partition coefficient (Wildman–Crippen LogP) is 2.51. The highest BCUT2D eigenvalue weighted by molar-refractivity contribution is 5.69. The maximum Gasteiger partial charge on any atom is 0.306 e. The summed E-state index contributed by atoms with van der Waals surface area (Å²) in [7, 11) is 0. The predicted molar refractivity (Wildman–Crippen MR) is 64.2 cm³/mol. The van der Waals surface area contributed by atoms with E-state index in [0.29, 0.717) is 12.8 Å². The molecule has 2 atom stereocenters. The third kappa shape index (κ3) is 3.50. The summed E-state index contributed by atoms with van der Waals surface area (Å²) in [5, 5.41) is 8.77. The van der Waals surface area contributed by atoms with Crippen LogP contribution in [0.4, 0.5) is 8.78 Å². The molecule has 0 heterocycles. The molecule has 0 aliphatic carbocycles. The molecule has 3 N–H and O–H groups in total. The first kappa shape index (κ1) is 14.6. The number of carbonyl (C=O) groups is 1. The van der Waals surface area contributed by atoms with Crippen LogP contribution in [0.2, 0.25) is 0 Å². The Hall–Kier alpha value is -1.49. The maximum absolute atomic E-state index is 13.6. The quantitative estimate of drug-likeness (QED) is 0.823. The molecule has 100 valence electrons. The number of benzene rings is 1. The summed E-state index contributed by atoms with van der Waals surface area (Å²) in [6.45, 7) is 1.74. The zero-order valence-corrected chi connectivity index (χ0v) is 10.2. The first-order valence-corrected chi connectivity index (χ1v) is 5.84. The summed E-state index contributed by atoms with van der Waals surface area (Å²) >= 11 is 0. The van der Waals surface area contributed by atoms with Crippen LogP contribution in [0.1, 0.15) is 31.2 Å². The second-order valence-electron chi connectivity index (χ2n) is 4.39. The summed E-state index contributed by atoms with van der Waals surface area (Å²) in [5.41, 5.74) is 5.77. The lowest BCUT2D eigenvalue weighted by molar-refractivity contribution is -0.141. The molecular formula is C13H17F2NO2. The lowest BCUT2D eigenvalue weighted by Crippen LogP contribution is -2.17. The number of hydrogen-bond donors (Lipinski definition) is 2.